The highest BCUT2D eigenvalue weighted by Gasteiger charge is 2.21. The number of nitrogens with zero attached hydrogens (tertiary/aromatic N) is 1. The second-order valence-electron chi connectivity index (χ2n) is 3.27. The van der Waals surface area contributed by atoms with Crippen LogP contribution in [0, 0.1) is 5.82 Å². The third-order valence-corrected chi connectivity index (χ3v) is 4.23. The van der Waals surface area contributed by atoms with Crippen molar-refractivity contribution in [2.24, 2.45) is 0 Å². The van der Waals surface area contributed by atoms with Gasteiger partial charge in [0.1, 0.15) is 15.9 Å². The summed E-state index contributed by atoms with van der Waals surface area (Å²) in [6.07, 6.45) is 1.73. The van der Waals surface area contributed by atoms with Gasteiger partial charge < -0.3 is 9.72 Å². The van der Waals surface area contributed by atoms with E-state index in [1.54, 1.807) is 6.26 Å². The van der Waals surface area contributed by atoms with Gasteiger partial charge in [-0.1, -0.05) is 23.4 Å². The summed E-state index contributed by atoms with van der Waals surface area (Å²) >= 11 is 10.2. The van der Waals surface area contributed by atoms with Crippen molar-refractivity contribution < 1.29 is 9.13 Å². The highest BCUT2D eigenvalue weighted by Crippen LogP contribution is 2.39. The van der Waals surface area contributed by atoms with Gasteiger partial charge in [-0.15, -0.1) is 0 Å². The van der Waals surface area contributed by atoms with Crippen molar-refractivity contribution in [3.05, 3.63) is 25.7 Å². The zero-order valence-corrected chi connectivity index (χ0v) is 12.5. The number of hydrogen-bond acceptors (Lipinski definition) is 4. The number of rotatable bonds is 2. The number of aromatic amines is 1. The number of hydrogen-bond donors (Lipinski definition) is 1. The topological polar surface area (TPSA) is 55.0 Å². The Morgan fingerprint density at radius 1 is 1.56 bits per heavy atom. The first-order valence-electron chi connectivity index (χ1n) is 4.69. The molecule has 2 aromatic rings. The van der Waals surface area contributed by atoms with Gasteiger partial charge in [0, 0.05) is 0 Å². The van der Waals surface area contributed by atoms with Crippen LogP contribution in [0.25, 0.3) is 10.9 Å². The van der Waals surface area contributed by atoms with E-state index in [0.717, 1.165) is 0 Å². The molecule has 0 atom stereocenters. The van der Waals surface area contributed by atoms with Gasteiger partial charge >= 0.3 is 0 Å². The molecular formula is C10H7BrClFN2O2S. The summed E-state index contributed by atoms with van der Waals surface area (Å²) in [5.41, 5.74) is -0.564. The molecule has 0 saturated heterocycles. The van der Waals surface area contributed by atoms with E-state index in [9.17, 15) is 9.18 Å². The van der Waals surface area contributed by atoms with Crippen LogP contribution in [0.2, 0.25) is 5.02 Å². The molecular weight excluding hydrogens is 347 g/mol. The maximum absolute atomic E-state index is 14.1. The third-order valence-electron chi connectivity index (χ3n) is 2.31. The summed E-state index contributed by atoms with van der Waals surface area (Å²) in [6.45, 7) is 0. The first-order chi connectivity index (χ1) is 8.51. The first-order valence-corrected chi connectivity index (χ1v) is 7.09. The number of benzene rings is 1. The predicted octanol–water partition coefficient (Wildman–Crippen LogP) is 3.21. The van der Waals surface area contributed by atoms with Gasteiger partial charge in [-0.05, 0) is 22.2 Å². The number of nitrogens with one attached hydrogen (secondary N) is 1. The van der Waals surface area contributed by atoms with Crippen molar-refractivity contribution in [3.8, 4) is 5.75 Å². The minimum atomic E-state index is -0.683. The molecule has 2 rings (SSSR count). The molecule has 1 aromatic carbocycles. The standard InChI is InChI=1S/C10H7BrClFN2O2S/c1-17-8-3-7(6(13)4(11)5(8)12)14-10(18-2)15-9(3)16/h1-2H3,(H,14,15,16). The molecule has 0 aliphatic heterocycles. The molecule has 1 aromatic heterocycles. The van der Waals surface area contributed by atoms with Crippen LogP contribution >= 0.6 is 39.3 Å². The monoisotopic (exact) mass is 352 g/mol. The molecule has 0 aliphatic carbocycles. The Kier molecular flexibility index (Phi) is 3.84. The summed E-state index contributed by atoms with van der Waals surface area (Å²) in [5, 5.41) is 0.329. The van der Waals surface area contributed by atoms with E-state index >= 15 is 0 Å². The van der Waals surface area contributed by atoms with Crippen molar-refractivity contribution in [2.45, 2.75) is 5.16 Å². The number of thioether (sulfide) groups is 1. The lowest BCUT2D eigenvalue weighted by molar-refractivity contribution is 0.418. The molecule has 96 valence electrons. The van der Waals surface area contributed by atoms with Crippen LogP contribution in [0.1, 0.15) is 0 Å². The second kappa shape index (κ2) is 5.07. The molecule has 4 nitrogen and oxygen atoms in total. The van der Waals surface area contributed by atoms with Crippen molar-refractivity contribution >= 4 is 50.2 Å². The Labute approximate surface area is 119 Å². The zero-order chi connectivity index (χ0) is 13.4. The second-order valence-corrected chi connectivity index (χ2v) is 5.24. The van der Waals surface area contributed by atoms with Gasteiger partial charge in [0.2, 0.25) is 0 Å². The summed E-state index contributed by atoms with van der Waals surface area (Å²) < 4.78 is 19.1. The van der Waals surface area contributed by atoms with E-state index in [2.05, 4.69) is 25.9 Å². The molecule has 1 N–H and O–H groups in total. The average molecular weight is 354 g/mol. The molecule has 0 radical (unpaired) electrons. The summed E-state index contributed by atoms with van der Waals surface area (Å²) in [4.78, 5) is 18.5. The fraction of sp³-hybridized carbons (Fsp3) is 0.200. The van der Waals surface area contributed by atoms with Gasteiger partial charge in [-0.25, -0.2) is 9.37 Å². The largest absolute Gasteiger partial charge is 0.494 e. The Balaban J connectivity index is 3.05. The molecule has 0 saturated carbocycles. The van der Waals surface area contributed by atoms with Crippen LogP contribution in [0.15, 0.2) is 14.4 Å². The number of fused-ring (bicyclic) bond motifs is 1. The van der Waals surface area contributed by atoms with Crippen LogP contribution in [0.3, 0.4) is 0 Å². The maximum Gasteiger partial charge on any atom is 0.263 e. The van der Waals surface area contributed by atoms with Gasteiger partial charge in [0.15, 0.2) is 16.7 Å². The molecule has 1 heterocycles. The fourth-order valence-corrected chi connectivity index (χ4v) is 2.52. The van der Waals surface area contributed by atoms with E-state index in [1.165, 1.54) is 18.9 Å². The Hall–Kier alpha value is -0.790. The zero-order valence-electron chi connectivity index (χ0n) is 9.31. The van der Waals surface area contributed by atoms with Gasteiger partial charge in [-0.2, -0.15) is 0 Å². The van der Waals surface area contributed by atoms with Crippen LogP contribution < -0.4 is 10.3 Å². The maximum atomic E-state index is 14.1. The van der Waals surface area contributed by atoms with Crippen molar-refractivity contribution in [2.75, 3.05) is 13.4 Å². The number of H-pyrrole nitrogens is 1. The Bertz CT molecular complexity index is 692. The molecule has 18 heavy (non-hydrogen) atoms. The molecule has 8 heteroatoms. The van der Waals surface area contributed by atoms with Crippen molar-refractivity contribution in [1.82, 2.24) is 9.97 Å². The summed E-state index contributed by atoms with van der Waals surface area (Å²) in [5.74, 6) is -0.585. The minimum Gasteiger partial charge on any atom is -0.494 e. The van der Waals surface area contributed by atoms with E-state index in [0.29, 0.717) is 5.16 Å². The SMILES string of the molecule is COc1c(Cl)c(Br)c(F)c2nc(SC)[nH]c(=O)c12. The Morgan fingerprint density at radius 2 is 2.22 bits per heavy atom. The van der Waals surface area contributed by atoms with Gasteiger partial charge in [0.05, 0.1) is 11.6 Å². The first kappa shape index (κ1) is 13.6. The smallest absolute Gasteiger partial charge is 0.263 e. The van der Waals surface area contributed by atoms with E-state index in [1.807, 2.05) is 0 Å². The molecule has 0 bridgehead atoms. The minimum absolute atomic E-state index is 0.000926. The van der Waals surface area contributed by atoms with Crippen molar-refractivity contribution in [3.63, 3.8) is 0 Å². The van der Waals surface area contributed by atoms with E-state index < -0.39 is 11.4 Å². The fourth-order valence-electron chi connectivity index (χ4n) is 1.52. The average Bonchev–Trinajstić information content (AvgIpc) is 2.37. The van der Waals surface area contributed by atoms with Gasteiger partial charge in [-0.3, -0.25) is 4.79 Å². The van der Waals surface area contributed by atoms with Crippen molar-refractivity contribution in [1.29, 1.82) is 0 Å². The number of halogens is 3. The number of ether oxygens (including phenoxy) is 1. The molecule has 0 fully saturated rings. The lowest BCUT2D eigenvalue weighted by atomic mass is 10.2. The molecule has 0 unspecified atom stereocenters. The molecule has 0 spiro atoms. The van der Waals surface area contributed by atoms with Crippen LogP contribution in [0.4, 0.5) is 4.39 Å². The predicted molar refractivity (Wildman–Crippen MR) is 73.4 cm³/mol. The number of methoxy groups -OCH3 is 1. The van der Waals surface area contributed by atoms with E-state index in [-0.39, 0.29) is 26.1 Å². The third kappa shape index (κ3) is 2.00. The highest BCUT2D eigenvalue weighted by molar-refractivity contribution is 9.10. The molecule has 0 amide bonds. The lowest BCUT2D eigenvalue weighted by Crippen LogP contribution is -2.12. The highest BCUT2D eigenvalue weighted by atomic mass is 79.9. The normalized spacial score (nSPS) is 10.9. The quantitative estimate of drug-likeness (QED) is 0.512. The molecule has 0 aliphatic rings. The van der Waals surface area contributed by atoms with Crippen LogP contribution in [0.5, 0.6) is 5.75 Å². The van der Waals surface area contributed by atoms with E-state index in [4.69, 9.17) is 16.3 Å². The summed E-state index contributed by atoms with van der Waals surface area (Å²) in [7, 11) is 1.35. The Morgan fingerprint density at radius 3 is 2.78 bits per heavy atom. The number of aromatic nitrogens is 2. The van der Waals surface area contributed by atoms with Crippen LogP contribution in [-0.4, -0.2) is 23.3 Å². The lowest BCUT2D eigenvalue weighted by Gasteiger charge is -2.10. The summed E-state index contributed by atoms with van der Waals surface area (Å²) in [6, 6.07) is 0. The van der Waals surface area contributed by atoms with Crippen LogP contribution in [-0.2, 0) is 0 Å². The van der Waals surface area contributed by atoms with Gasteiger partial charge in [0.25, 0.3) is 5.56 Å².